The number of nitrogens with zero attached hydrogens (tertiary/aromatic N) is 2. The number of anilines is 1. The van der Waals surface area contributed by atoms with E-state index in [-0.39, 0.29) is 46.3 Å². The van der Waals surface area contributed by atoms with Crippen molar-refractivity contribution in [2.24, 2.45) is 0 Å². The van der Waals surface area contributed by atoms with Gasteiger partial charge in [0, 0.05) is 24.0 Å². The van der Waals surface area contributed by atoms with Gasteiger partial charge in [0.15, 0.2) is 0 Å². The first-order valence-corrected chi connectivity index (χ1v) is 16.9. The number of sulfonamides is 1. The van der Waals surface area contributed by atoms with Crippen LogP contribution in [0.1, 0.15) is 30.5 Å². The van der Waals surface area contributed by atoms with E-state index in [0.29, 0.717) is 11.3 Å². The second kappa shape index (κ2) is 15.8. The smallest absolute Gasteiger partial charge is 0.264 e. The van der Waals surface area contributed by atoms with Crippen LogP contribution in [0.3, 0.4) is 0 Å². The average Bonchev–Trinajstić information content (AvgIpc) is 3.05. The van der Waals surface area contributed by atoms with Gasteiger partial charge >= 0.3 is 0 Å². The molecule has 1 unspecified atom stereocenters. The molecule has 1 atom stereocenters. The van der Waals surface area contributed by atoms with Crippen LogP contribution in [0.15, 0.2) is 102 Å². The summed E-state index contributed by atoms with van der Waals surface area (Å²) in [7, 11) is -1.38. The molecule has 0 aliphatic rings. The minimum absolute atomic E-state index is 0.00412. The molecule has 9 nitrogen and oxygen atoms in total. The van der Waals surface area contributed by atoms with Gasteiger partial charge in [-0.15, -0.1) is 0 Å². The van der Waals surface area contributed by atoms with Crippen LogP contribution in [-0.2, 0) is 32.6 Å². The van der Waals surface area contributed by atoms with Gasteiger partial charge in [-0.05, 0) is 74.4 Å². The van der Waals surface area contributed by atoms with E-state index in [0.717, 1.165) is 15.4 Å². The Morgan fingerprint density at radius 2 is 1.53 bits per heavy atom. The van der Waals surface area contributed by atoms with Gasteiger partial charge in [-0.3, -0.25) is 13.9 Å². The maximum atomic E-state index is 14.7. The zero-order valence-electron chi connectivity index (χ0n) is 27.1. The molecule has 248 valence electrons. The van der Waals surface area contributed by atoms with Gasteiger partial charge < -0.3 is 19.7 Å². The molecular weight excluding hydrogens is 638 g/mol. The Kier molecular flexibility index (Phi) is 11.9. The number of carbonyl (C=O) groups excluding carboxylic acids is 2. The quantitative estimate of drug-likeness (QED) is 0.175. The topological polar surface area (TPSA) is 105 Å². The van der Waals surface area contributed by atoms with E-state index in [1.54, 1.807) is 49.6 Å². The zero-order valence-corrected chi connectivity index (χ0v) is 28.7. The fourth-order valence-corrected chi connectivity index (χ4v) is 6.69. The molecule has 0 saturated carbocycles. The van der Waals surface area contributed by atoms with E-state index >= 15 is 0 Å². The highest BCUT2D eigenvalue weighted by Gasteiger charge is 2.36. The van der Waals surface area contributed by atoms with Gasteiger partial charge in [0.1, 0.15) is 24.1 Å². The summed E-state index contributed by atoms with van der Waals surface area (Å²) in [6.07, 6.45) is 0.195. The van der Waals surface area contributed by atoms with E-state index in [9.17, 15) is 18.0 Å². The Bertz CT molecular complexity index is 1780. The van der Waals surface area contributed by atoms with Crippen molar-refractivity contribution in [1.82, 2.24) is 10.2 Å². The van der Waals surface area contributed by atoms with Gasteiger partial charge in [-0.25, -0.2) is 8.42 Å². The van der Waals surface area contributed by atoms with Crippen molar-refractivity contribution in [2.45, 2.75) is 50.7 Å². The maximum Gasteiger partial charge on any atom is 0.264 e. The Hall–Kier alpha value is -4.54. The molecule has 0 aliphatic heterocycles. The molecule has 4 aromatic rings. The van der Waals surface area contributed by atoms with Gasteiger partial charge in [-0.1, -0.05) is 71.8 Å². The minimum atomic E-state index is -4.33. The monoisotopic (exact) mass is 677 g/mol. The van der Waals surface area contributed by atoms with Crippen LogP contribution >= 0.6 is 11.6 Å². The summed E-state index contributed by atoms with van der Waals surface area (Å²) in [6, 6.07) is 26.3. The highest BCUT2D eigenvalue weighted by Crippen LogP contribution is 2.35. The van der Waals surface area contributed by atoms with E-state index < -0.39 is 28.5 Å². The molecule has 0 saturated heterocycles. The van der Waals surface area contributed by atoms with E-state index in [1.165, 1.54) is 30.2 Å². The Balaban J connectivity index is 1.86. The van der Waals surface area contributed by atoms with Crippen LogP contribution in [0.5, 0.6) is 11.5 Å². The van der Waals surface area contributed by atoms with Crippen LogP contribution in [0, 0.1) is 6.92 Å². The van der Waals surface area contributed by atoms with Crippen molar-refractivity contribution in [3.8, 4) is 11.5 Å². The lowest BCUT2D eigenvalue weighted by Gasteiger charge is -2.34. The predicted octanol–water partition coefficient (Wildman–Crippen LogP) is 6.03. The molecule has 1 N–H and O–H groups in total. The lowest BCUT2D eigenvalue weighted by atomic mass is 10.0. The third-order valence-corrected chi connectivity index (χ3v) is 9.50. The summed E-state index contributed by atoms with van der Waals surface area (Å²) in [4.78, 5) is 29.9. The van der Waals surface area contributed by atoms with Crippen molar-refractivity contribution in [3.63, 3.8) is 0 Å². The summed E-state index contributed by atoms with van der Waals surface area (Å²) >= 11 is 6.36. The number of nitrogens with one attached hydrogen (secondary N) is 1. The number of ether oxygens (including phenoxy) is 2. The van der Waals surface area contributed by atoms with Crippen molar-refractivity contribution >= 4 is 39.1 Å². The van der Waals surface area contributed by atoms with Crippen LogP contribution in [0.4, 0.5) is 5.69 Å². The minimum Gasteiger partial charge on any atom is -0.497 e. The number of aryl methyl sites for hydroxylation is 1. The van der Waals surface area contributed by atoms with Gasteiger partial charge in [0.25, 0.3) is 10.0 Å². The SMILES string of the molecule is COc1cccc(CN(C(=O)CN(c2cc(Cl)ccc2OC)S(=O)(=O)c2ccc(C)cc2)C(Cc2ccccc2)C(=O)NC(C)C)c1. The molecule has 0 spiro atoms. The lowest BCUT2D eigenvalue weighted by Crippen LogP contribution is -2.54. The molecule has 4 aromatic carbocycles. The highest BCUT2D eigenvalue weighted by atomic mass is 35.5. The van der Waals surface area contributed by atoms with E-state index in [2.05, 4.69) is 5.32 Å². The van der Waals surface area contributed by atoms with Crippen molar-refractivity contribution in [1.29, 1.82) is 0 Å². The number of carbonyl (C=O) groups is 2. The second-order valence-electron chi connectivity index (χ2n) is 11.4. The molecule has 0 bridgehead atoms. The maximum absolute atomic E-state index is 14.7. The van der Waals surface area contributed by atoms with Crippen molar-refractivity contribution in [3.05, 3.63) is 119 Å². The van der Waals surface area contributed by atoms with E-state index in [1.807, 2.05) is 57.2 Å². The van der Waals surface area contributed by atoms with Crippen molar-refractivity contribution in [2.75, 3.05) is 25.1 Å². The number of amides is 2. The number of rotatable bonds is 14. The van der Waals surface area contributed by atoms with Crippen LogP contribution in [0.2, 0.25) is 5.02 Å². The van der Waals surface area contributed by atoms with Crippen LogP contribution < -0.4 is 19.1 Å². The molecule has 0 aliphatic carbocycles. The molecule has 47 heavy (non-hydrogen) atoms. The summed E-state index contributed by atoms with van der Waals surface area (Å²) in [5.41, 5.74) is 2.49. The standard InChI is InChI=1S/C36H40ClN3O6S/c1-25(2)38-36(42)33(21-27-10-7-6-8-11-27)39(23-28-12-9-13-30(20-28)45-4)35(41)24-40(32-22-29(37)16-19-34(32)46-5)47(43,44)31-17-14-26(3)15-18-31/h6-20,22,25,33H,21,23-24H2,1-5H3,(H,38,42). The van der Waals surface area contributed by atoms with Crippen LogP contribution in [0.25, 0.3) is 0 Å². The largest absolute Gasteiger partial charge is 0.497 e. The number of hydrogen-bond donors (Lipinski definition) is 1. The summed E-state index contributed by atoms with van der Waals surface area (Å²) in [5, 5.41) is 3.21. The summed E-state index contributed by atoms with van der Waals surface area (Å²) in [6.45, 7) is 4.89. The molecule has 0 radical (unpaired) electrons. The summed E-state index contributed by atoms with van der Waals surface area (Å²) < 4.78 is 40.6. The highest BCUT2D eigenvalue weighted by molar-refractivity contribution is 7.92. The second-order valence-corrected chi connectivity index (χ2v) is 13.7. The third-order valence-electron chi connectivity index (χ3n) is 7.49. The molecule has 0 fully saturated rings. The first-order valence-electron chi connectivity index (χ1n) is 15.1. The van der Waals surface area contributed by atoms with Gasteiger partial charge in [0.05, 0.1) is 24.8 Å². The molecule has 2 amide bonds. The van der Waals surface area contributed by atoms with Crippen LogP contribution in [-0.4, -0.2) is 58.0 Å². The Labute approximate surface area is 282 Å². The first kappa shape index (κ1) is 35.3. The fourth-order valence-electron chi connectivity index (χ4n) is 5.11. The third kappa shape index (κ3) is 9.05. The number of methoxy groups -OCH3 is 2. The normalized spacial score (nSPS) is 11.9. The number of benzene rings is 4. The van der Waals surface area contributed by atoms with E-state index in [4.69, 9.17) is 21.1 Å². The fraction of sp³-hybridized carbons (Fsp3) is 0.278. The zero-order chi connectivity index (χ0) is 34.1. The molecular formula is C36H40ClN3O6S. The Morgan fingerprint density at radius 1 is 0.851 bits per heavy atom. The van der Waals surface area contributed by atoms with Crippen molar-refractivity contribution < 1.29 is 27.5 Å². The average molecular weight is 678 g/mol. The predicted molar refractivity (Wildman–Crippen MR) is 184 cm³/mol. The number of halogens is 1. The molecule has 0 heterocycles. The first-order chi connectivity index (χ1) is 22.4. The number of hydrogen-bond acceptors (Lipinski definition) is 6. The molecule has 4 rings (SSSR count). The lowest BCUT2D eigenvalue weighted by molar-refractivity contribution is -0.140. The molecule has 11 heteroatoms. The Morgan fingerprint density at radius 3 is 2.17 bits per heavy atom. The molecule has 0 aromatic heterocycles. The van der Waals surface area contributed by atoms with Gasteiger partial charge in [0.2, 0.25) is 11.8 Å². The van der Waals surface area contributed by atoms with Gasteiger partial charge in [-0.2, -0.15) is 0 Å². The summed E-state index contributed by atoms with van der Waals surface area (Å²) in [5.74, 6) is -0.192.